The van der Waals surface area contributed by atoms with Crippen molar-refractivity contribution < 1.29 is 0 Å². The Kier molecular flexibility index (Phi) is 1.75. The molecule has 0 aromatic heterocycles. The van der Waals surface area contributed by atoms with Crippen LogP contribution in [-0.4, -0.2) is 32.5 Å². The molecule has 1 rings (SSSR count). The van der Waals surface area contributed by atoms with Crippen molar-refractivity contribution >= 4 is 26.5 Å². The molecular weight excluding hydrogens is 191 g/mol. The van der Waals surface area contributed by atoms with Crippen LogP contribution in [0, 0.1) is 11.3 Å². The summed E-state index contributed by atoms with van der Waals surface area (Å²) in [5.41, 5.74) is 0. The predicted molar refractivity (Wildman–Crippen MR) is 29.0 cm³/mol. The van der Waals surface area contributed by atoms with Crippen molar-refractivity contribution in [1.82, 2.24) is 3.30 Å². The molecule has 0 radical (unpaired) electrons. The van der Waals surface area contributed by atoms with Crippen LogP contribution in [-0.2, 0) is 0 Å². The Morgan fingerprint density at radius 1 is 2.00 bits per heavy atom. The zero-order chi connectivity index (χ0) is 5.11. The van der Waals surface area contributed by atoms with Crippen molar-refractivity contribution in [3.63, 3.8) is 0 Å². The quantitative estimate of drug-likeness (QED) is 0.555. The second-order valence-corrected chi connectivity index (χ2v) is 4.73. The van der Waals surface area contributed by atoms with Gasteiger partial charge in [0.1, 0.15) is 0 Å². The second-order valence-electron chi connectivity index (χ2n) is 1.49. The van der Waals surface area contributed by atoms with Crippen LogP contribution in [0.5, 0.6) is 0 Å². The van der Waals surface area contributed by atoms with E-state index in [2.05, 4.69) is 13.1 Å². The Morgan fingerprint density at radius 2 is 2.86 bits per heavy atom. The minimum absolute atomic E-state index is 0.182. The first-order valence-corrected chi connectivity index (χ1v) is 5.79. The van der Waals surface area contributed by atoms with E-state index in [9.17, 15) is 0 Å². The Hall–Kier alpha value is 0.0301. The fourth-order valence-corrected chi connectivity index (χ4v) is 3.36. The first-order chi connectivity index (χ1) is 3.43. The minimum atomic E-state index is -0.486. The van der Waals surface area contributed by atoms with Crippen LogP contribution in [0.3, 0.4) is 0 Å². The van der Waals surface area contributed by atoms with E-state index in [4.69, 9.17) is 5.26 Å². The van der Waals surface area contributed by atoms with E-state index in [1.807, 2.05) is 0 Å². The van der Waals surface area contributed by atoms with Gasteiger partial charge in [-0.3, -0.25) is 0 Å². The van der Waals surface area contributed by atoms with E-state index < -0.39 is 22.7 Å². The van der Waals surface area contributed by atoms with E-state index in [1.165, 1.54) is 0 Å². The van der Waals surface area contributed by atoms with Crippen LogP contribution in [0.25, 0.3) is 0 Å². The van der Waals surface area contributed by atoms with Gasteiger partial charge in [-0.05, 0) is 0 Å². The topological polar surface area (TPSA) is 35.8 Å². The molecule has 34 valence electrons. The molecule has 0 aromatic carbocycles. The summed E-state index contributed by atoms with van der Waals surface area (Å²) >= 11 is -0.486. The summed E-state index contributed by atoms with van der Waals surface area (Å²) in [5, 5.41) is 8.26. The van der Waals surface area contributed by atoms with Crippen LogP contribution in [0.1, 0.15) is 6.42 Å². The molecule has 7 heavy (non-hydrogen) atoms. The monoisotopic (exact) mass is 196 g/mol. The van der Waals surface area contributed by atoms with Gasteiger partial charge in [-0.1, -0.05) is 0 Å². The van der Waals surface area contributed by atoms with Gasteiger partial charge in [0.2, 0.25) is 0 Å². The first kappa shape index (κ1) is 5.17. The maximum atomic E-state index is 8.26. The van der Waals surface area contributed by atoms with E-state index in [-0.39, 0.29) is 6.04 Å². The molecule has 2 nitrogen and oxygen atoms in total. The molecule has 0 spiro atoms. The number of nitriles is 1. The summed E-state index contributed by atoms with van der Waals surface area (Å²) in [6.45, 7) is 0. The van der Waals surface area contributed by atoms with Gasteiger partial charge in [0.15, 0.2) is 0 Å². The molecule has 0 saturated heterocycles. The van der Waals surface area contributed by atoms with Gasteiger partial charge in [0, 0.05) is 0 Å². The molecule has 0 fully saturated rings. The summed E-state index contributed by atoms with van der Waals surface area (Å²) in [4.78, 5) is 0. The van der Waals surface area contributed by atoms with Crippen LogP contribution >= 0.6 is 0 Å². The number of hydrogen-bond acceptors (Lipinski definition) is 2. The molecule has 0 amide bonds. The molecule has 0 aromatic rings. The van der Waals surface area contributed by atoms with E-state index in [0.717, 1.165) is 6.42 Å². The first-order valence-electron chi connectivity index (χ1n) is 2.24. The standard InChI is InChI=1S/C4H5N2.In/c1-2-4(6)3-5;/h1,4,6H,2H2;/q-1;+1. The van der Waals surface area contributed by atoms with Gasteiger partial charge in [-0.2, -0.15) is 0 Å². The normalized spacial score (nSPS) is 25.3. The molecule has 0 bridgehead atoms. The molecule has 1 N–H and O–H groups in total. The zero-order valence-electron chi connectivity index (χ0n) is 3.89. The van der Waals surface area contributed by atoms with E-state index in [0.29, 0.717) is 0 Å². The Balaban J connectivity index is 2.39. The zero-order valence-corrected chi connectivity index (χ0v) is 7.18. The molecule has 1 heterocycles. The van der Waals surface area contributed by atoms with Gasteiger partial charge >= 0.3 is 53.6 Å². The van der Waals surface area contributed by atoms with Crippen molar-refractivity contribution in [2.75, 3.05) is 0 Å². The van der Waals surface area contributed by atoms with Crippen LogP contribution in [0.15, 0.2) is 0 Å². The third kappa shape index (κ3) is 1.20. The van der Waals surface area contributed by atoms with Gasteiger partial charge in [-0.15, -0.1) is 0 Å². The van der Waals surface area contributed by atoms with E-state index in [1.54, 1.807) is 0 Å². The number of nitrogens with one attached hydrogen (secondary N) is 1. The van der Waals surface area contributed by atoms with Gasteiger partial charge in [-0.25, -0.2) is 0 Å². The van der Waals surface area contributed by atoms with Crippen molar-refractivity contribution in [3.05, 3.63) is 0 Å². The summed E-state index contributed by atoms with van der Waals surface area (Å²) < 4.78 is 5.45. The fourth-order valence-electron chi connectivity index (χ4n) is 0.546. The Morgan fingerprint density at radius 3 is 3.14 bits per heavy atom. The number of nitrogens with zero attached hydrogens (tertiary/aromatic N) is 1. The average Bonchev–Trinajstić information content (AvgIpc) is 2.14. The van der Waals surface area contributed by atoms with Gasteiger partial charge in [0.25, 0.3) is 0 Å². The molecule has 1 aliphatic heterocycles. The predicted octanol–water partition coefficient (Wildman–Crippen LogP) is -0.707. The second kappa shape index (κ2) is 2.37. The molecule has 3 heteroatoms. The van der Waals surface area contributed by atoms with Crippen molar-refractivity contribution in [3.8, 4) is 6.07 Å². The van der Waals surface area contributed by atoms with Crippen LogP contribution < -0.4 is 3.30 Å². The molecular formula is C4H5InN2. The Labute approximate surface area is 53.7 Å². The molecule has 0 saturated carbocycles. The fraction of sp³-hybridized carbons (Fsp3) is 0.500. The average molecular weight is 196 g/mol. The van der Waals surface area contributed by atoms with Crippen molar-refractivity contribution in [1.29, 1.82) is 5.26 Å². The SMILES string of the molecule is N#CC1C[CH]=[In][NH]1. The summed E-state index contributed by atoms with van der Waals surface area (Å²) in [6, 6.07) is 2.35. The molecule has 1 unspecified atom stereocenters. The van der Waals surface area contributed by atoms with Crippen molar-refractivity contribution in [2.45, 2.75) is 12.5 Å². The molecule has 1 atom stereocenters. The summed E-state index contributed by atoms with van der Waals surface area (Å²) in [7, 11) is 0. The van der Waals surface area contributed by atoms with Crippen LogP contribution in [0.2, 0.25) is 0 Å². The number of rotatable bonds is 0. The van der Waals surface area contributed by atoms with Crippen LogP contribution in [0.4, 0.5) is 0 Å². The maximum absolute atomic E-state index is 8.26. The van der Waals surface area contributed by atoms with Crippen molar-refractivity contribution in [2.24, 2.45) is 0 Å². The number of hydrogen-bond donors (Lipinski definition) is 1. The van der Waals surface area contributed by atoms with Gasteiger partial charge in [0.05, 0.1) is 0 Å². The Bertz CT molecular complexity index is 116. The van der Waals surface area contributed by atoms with E-state index >= 15 is 0 Å². The summed E-state index contributed by atoms with van der Waals surface area (Å²) in [5.74, 6) is 0. The molecule has 0 aliphatic carbocycles. The third-order valence-electron chi connectivity index (χ3n) is 0.943. The van der Waals surface area contributed by atoms with Gasteiger partial charge < -0.3 is 0 Å². The third-order valence-corrected chi connectivity index (χ3v) is 4.09. The summed E-state index contributed by atoms with van der Waals surface area (Å²) in [6.07, 6.45) is 0.998. The molecule has 1 aliphatic rings.